The molecule has 25 heavy (non-hydrogen) atoms. The molecule has 1 saturated heterocycles. The van der Waals surface area contributed by atoms with Gasteiger partial charge in [-0.15, -0.1) is 0 Å². The van der Waals surface area contributed by atoms with Crippen molar-refractivity contribution >= 4 is 17.6 Å². The Labute approximate surface area is 148 Å². The molecule has 0 radical (unpaired) electrons. The third-order valence-electron chi connectivity index (χ3n) is 5.46. The van der Waals surface area contributed by atoms with E-state index in [0.29, 0.717) is 19.6 Å². The zero-order valence-electron chi connectivity index (χ0n) is 14.9. The van der Waals surface area contributed by atoms with Gasteiger partial charge < -0.3 is 20.2 Å². The number of aliphatic hydroxyl groups excluding tert-OH is 1. The maximum Gasteiger partial charge on any atom is 0.321 e. The van der Waals surface area contributed by atoms with E-state index >= 15 is 0 Å². The number of carbonyl (C=O) groups excluding carboxylic acids is 2. The highest BCUT2D eigenvalue weighted by Gasteiger charge is 2.39. The molecule has 6 nitrogen and oxygen atoms in total. The minimum Gasteiger partial charge on any atom is -0.396 e. The van der Waals surface area contributed by atoms with Gasteiger partial charge in [0.05, 0.1) is 6.54 Å². The number of likely N-dealkylation sites (tertiary alicyclic amines) is 1. The van der Waals surface area contributed by atoms with Crippen LogP contribution in [0.1, 0.15) is 32.3 Å². The first-order valence-electron chi connectivity index (χ1n) is 9.10. The number of nitrogens with zero attached hydrogens (tertiary/aromatic N) is 2. The molecule has 1 aromatic carbocycles. The lowest BCUT2D eigenvalue weighted by Crippen LogP contribution is -2.53. The number of urea groups is 1. The van der Waals surface area contributed by atoms with Crippen LogP contribution in [0.4, 0.5) is 10.5 Å². The summed E-state index contributed by atoms with van der Waals surface area (Å²) in [6, 6.07) is 7.06. The zero-order chi connectivity index (χ0) is 18.0. The molecule has 2 aliphatic heterocycles. The Morgan fingerprint density at radius 3 is 2.84 bits per heavy atom. The molecule has 2 heterocycles. The van der Waals surface area contributed by atoms with E-state index in [-0.39, 0.29) is 30.4 Å². The third kappa shape index (κ3) is 3.49. The zero-order valence-corrected chi connectivity index (χ0v) is 14.9. The molecule has 3 atom stereocenters. The van der Waals surface area contributed by atoms with Crippen LogP contribution in [0.25, 0.3) is 0 Å². The van der Waals surface area contributed by atoms with Crippen LogP contribution in [0.3, 0.4) is 0 Å². The molecule has 0 spiro atoms. The molecule has 1 aromatic rings. The third-order valence-corrected chi connectivity index (χ3v) is 5.46. The number of fused-ring (bicyclic) bond motifs is 1. The smallest absolute Gasteiger partial charge is 0.321 e. The van der Waals surface area contributed by atoms with Crippen LogP contribution in [0.2, 0.25) is 0 Å². The average molecular weight is 345 g/mol. The van der Waals surface area contributed by atoms with E-state index in [4.69, 9.17) is 0 Å². The highest BCUT2D eigenvalue weighted by Crippen LogP contribution is 2.29. The number of hydrogen-bond donors (Lipinski definition) is 2. The summed E-state index contributed by atoms with van der Waals surface area (Å²) in [5, 5.41) is 12.3. The summed E-state index contributed by atoms with van der Waals surface area (Å²) in [6.07, 6.45) is 1.63. The van der Waals surface area contributed by atoms with E-state index in [1.807, 2.05) is 38.1 Å². The van der Waals surface area contributed by atoms with Gasteiger partial charge in [0.1, 0.15) is 6.04 Å². The van der Waals surface area contributed by atoms with Gasteiger partial charge in [0.2, 0.25) is 5.91 Å². The Kier molecular flexibility index (Phi) is 5.27. The number of nitrogens with one attached hydrogen (secondary N) is 1. The standard InChI is InChI=1S/C19H27N3O3/c1-3-13(2)17-18(24)20-16-7-5-4-6-15(16)11-22(17)19(25)21-9-8-14(10-21)12-23/h4-7,13-14,17,23H,3,8-12H2,1-2H3,(H,20,24)/t13-,14-,17-/m0/s1. The first-order chi connectivity index (χ1) is 12.0. The van der Waals surface area contributed by atoms with Crippen LogP contribution in [-0.4, -0.2) is 52.6 Å². The van der Waals surface area contributed by atoms with E-state index in [1.165, 1.54) is 0 Å². The lowest BCUT2D eigenvalue weighted by atomic mass is 9.97. The number of anilines is 1. The monoisotopic (exact) mass is 345 g/mol. The van der Waals surface area contributed by atoms with Crippen LogP contribution in [0.15, 0.2) is 24.3 Å². The van der Waals surface area contributed by atoms with Crippen LogP contribution >= 0.6 is 0 Å². The first-order valence-corrected chi connectivity index (χ1v) is 9.10. The van der Waals surface area contributed by atoms with E-state index in [1.54, 1.807) is 9.80 Å². The number of para-hydroxylation sites is 1. The lowest BCUT2D eigenvalue weighted by Gasteiger charge is -2.35. The van der Waals surface area contributed by atoms with Gasteiger partial charge in [-0.05, 0) is 24.0 Å². The largest absolute Gasteiger partial charge is 0.396 e. The molecule has 2 N–H and O–H groups in total. The lowest BCUT2D eigenvalue weighted by molar-refractivity contribution is -0.122. The van der Waals surface area contributed by atoms with Crippen molar-refractivity contribution in [2.24, 2.45) is 11.8 Å². The molecule has 0 saturated carbocycles. The van der Waals surface area contributed by atoms with Gasteiger partial charge in [-0.1, -0.05) is 38.5 Å². The summed E-state index contributed by atoms with van der Waals surface area (Å²) >= 11 is 0. The second-order valence-electron chi connectivity index (χ2n) is 7.17. The summed E-state index contributed by atoms with van der Waals surface area (Å²) in [6.45, 7) is 5.77. The molecule has 1 fully saturated rings. The second-order valence-corrected chi connectivity index (χ2v) is 7.17. The number of rotatable bonds is 3. The summed E-state index contributed by atoms with van der Waals surface area (Å²) in [7, 11) is 0. The van der Waals surface area contributed by atoms with E-state index in [2.05, 4.69) is 5.32 Å². The predicted molar refractivity (Wildman–Crippen MR) is 96.0 cm³/mol. The van der Waals surface area contributed by atoms with Gasteiger partial charge in [-0.25, -0.2) is 4.79 Å². The molecule has 136 valence electrons. The van der Waals surface area contributed by atoms with Crippen molar-refractivity contribution in [1.29, 1.82) is 0 Å². The van der Waals surface area contributed by atoms with Crippen molar-refractivity contribution in [3.05, 3.63) is 29.8 Å². The number of carbonyl (C=O) groups is 2. The average Bonchev–Trinajstić information content (AvgIpc) is 3.05. The number of benzene rings is 1. The van der Waals surface area contributed by atoms with Crippen molar-refractivity contribution in [1.82, 2.24) is 9.80 Å². The highest BCUT2D eigenvalue weighted by atomic mass is 16.3. The molecule has 3 amide bonds. The van der Waals surface area contributed by atoms with Gasteiger partial charge >= 0.3 is 6.03 Å². The van der Waals surface area contributed by atoms with Crippen LogP contribution < -0.4 is 5.32 Å². The van der Waals surface area contributed by atoms with Gasteiger partial charge in [-0.2, -0.15) is 0 Å². The second kappa shape index (κ2) is 7.44. The van der Waals surface area contributed by atoms with Gasteiger partial charge in [-0.3, -0.25) is 4.79 Å². The molecular formula is C19H27N3O3. The summed E-state index contributed by atoms with van der Waals surface area (Å²) < 4.78 is 0. The van der Waals surface area contributed by atoms with Crippen LogP contribution in [0, 0.1) is 11.8 Å². The first kappa shape index (κ1) is 17.7. The molecule has 6 heteroatoms. The molecule has 0 unspecified atom stereocenters. The van der Waals surface area contributed by atoms with Gasteiger partial charge in [0, 0.05) is 31.3 Å². The summed E-state index contributed by atoms with van der Waals surface area (Å²) in [5.74, 6) is 0.0825. The Hall–Kier alpha value is -2.08. The molecule has 2 aliphatic rings. The SMILES string of the molecule is CC[C@H](C)[C@H]1C(=O)Nc2ccccc2CN1C(=O)N1CC[C@H](CO)C1. The van der Waals surface area contributed by atoms with Crippen molar-refractivity contribution in [2.45, 2.75) is 39.3 Å². The molecule has 0 aromatic heterocycles. The van der Waals surface area contributed by atoms with Gasteiger partial charge in [0.25, 0.3) is 0 Å². The van der Waals surface area contributed by atoms with Crippen LogP contribution in [-0.2, 0) is 11.3 Å². The fourth-order valence-electron chi connectivity index (χ4n) is 3.72. The van der Waals surface area contributed by atoms with Crippen molar-refractivity contribution in [3.8, 4) is 0 Å². The minimum atomic E-state index is -0.488. The molecule has 3 rings (SSSR count). The normalized spacial score (nSPS) is 24.5. The van der Waals surface area contributed by atoms with E-state index < -0.39 is 6.04 Å². The minimum absolute atomic E-state index is 0.0644. The summed E-state index contributed by atoms with van der Waals surface area (Å²) in [4.78, 5) is 29.5. The Balaban J connectivity index is 1.91. The number of aliphatic hydroxyl groups is 1. The Morgan fingerprint density at radius 1 is 1.40 bits per heavy atom. The Bertz CT molecular complexity index is 649. The van der Waals surface area contributed by atoms with Crippen molar-refractivity contribution in [2.75, 3.05) is 25.0 Å². The predicted octanol–water partition coefficient (Wildman–Crippen LogP) is 2.29. The van der Waals surface area contributed by atoms with Crippen molar-refractivity contribution in [3.63, 3.8) is 0 Å². The van der Waals surface area contributed by atoms with Crippen LogP contribution in [0.5, 0.6) is 0 Å². The fraction of sp³-hybridized carbons (Fsp3) is 0.579. The van der Waals surface area contributed by atoms with Gasteiger partial charge in [0.15, 0.2) is 0 Å². The van der Waals surface area contributed by atoms with Crippen molar-refractivity contribution < 1.29 is 14.7 Å². The quantitative estimate of drug-likeness (QED) is 0.883. The number of hydrogen-bond acceptors (Lipinski definition) is 3. The molecule has 0 bridgehead atoms. The van der Waals surface area contributed by atoms with E-state index in [9.17, 15) is 14.7 Å². The maximum atomic E-state index is 13.2. The van der Waals surface area contributed by atoms with E-state index in [0.717, 1.165) is 24.1 Å². The topological polar surface area (TPSA) is 72.9 Å². The number of amides is 3. The maximum absolute atomic E-state index is 13.2. The highest BCUT2D eigenvalue weighted by molar-refractivity contribution is 5.98. The molecule has 0 aliphatic carbocycles. The fourth-order valence-corrected chi connectivity index (χ4v) is 3.72. The Morgan fingerprint density at radius 2 is 2.16 bits per heavy atom. The summed E-state index contributed by atoms with van der Waals surface area (Å²) in [5.41, 5.74) is 1.73. The molecular weight excluding hydrogens is 318 g/mol.